The average Bonchev–Trinajstić information content (AvgIpc) is 2.66. The van der Waals surface area contributed by atoms with Gasteiger partial charge in [0, 0.05) is 6.20 Å². The normalized spacial score (nSPS) is 24.6. The molecule has 0 bridgehead atoms. The maximum absolute atomic E-state index is 11.4. The second-order valence-corrected chi connectivity index (χ2v) is 3.19. The molecule has 0 amide bonds. The molecule has 15 heavy (non-hydrogen) atoms. The second kappa shape index (κ2) is 3.84. The molecule has 0 saturated heterocycles. The summed E-state index contributed by atoms with van der Waals surface area (Å²) in [7, 11) is 0. The predicted octanol–water partition coefficient (Wildman–Crippen LogP) is -0.948. The zero-order valence-electron chi connectivity index (χ0n) is 7.77. The highest BCUT2D eigenvalue weighted by Crippen LogP contribution is 2.22. The number of aliphatic hydroxyl groups excluding tert-OH is 1. The van der Waals surface area contributed by atoms with E-state index in [1.807, 2.05) is 0 Å². The number of H-pyrrole nitrogens is 2. The Balaban J connectivity index is 2.29. The molecule has 2 heterocycles. The molecule has 6 nitrogen and oxygen atoms in total. The fourth-order valence-electron chi connectivity index (χ4n) is 1.42. The maximum Gasteiger partial charge on any atom is 0.325 e. The van der Waals surface area contributed by atoms with Crippen molar-refractivity contribution in [2.45, 2.75) is 12.2 Å². The van der Waals surface area contributed by atoms with Crippen LogP contribution in [0.4, 0.5) is 0 Å². The number of aliphatic hydroxyl groups is 1. The van der Waals surface area contributed by atoms with E-state index >= 15 is 0 Å². The largest absolute Gasteiger partial charge is 0.393 e. The van der Waals surface area contributed by atoms with E-state index in [2.05, 4.69) is 9.97 Å². The molecule has 80 valence electrons. The monoisotopic (exact) mass is 210 g/mol. The molecule has 3 N–H and O–H groups in total. The van der Waals surface area contributed by atoms with Crippen molar-refractivity contribution in [3.05, 3.63) is 44.8 Å². The SMILES string of the molecule is O=c1[nH]cc([C@H]2C=C[C@@H](CO)O2)c(=O)[nH]1. The molecule has 2 rings (SSSR count). The number of aromatic amines is 2. The summed E-state index contributed by atoms with van der Waals surface area (Å²) in [5.74, 6) is 0. The number of hydrogen-bond donors (Lipinski definition) is 3. The Labute approximate surface area is 84.2 Å². The van der Waals surface area contributed by atoms with Gasteiger partial charge in [-0.3, -0.25) is 9.78 Å². The van der Waals surface area contributed by atoms with Gasteiger partial charge in [-0.2, -0.15) is 0 Å². The molecule has 1 aliphatic heterocycles. The summed E-state index contributed by atoms with van der Waals surface area (Å²) in [6, 6.07) is 0. The van der Waals surface area contributed by atoms with Crippen LogP contribution in [0.1, 0.15) is 11.7 Å². The number of hydrogen-bond acceptors (Lipinski definition) is 4. The summed E-state index contributed by atoms with van der Waals surface area (Å²) in [6.07, 6.45) is 3.76. The molecule has 0 aromatic carbocycles. The van der Waals surface area contributed by atoms with Gasteiger partial charge in [-0.25, -0.2) is 4.79 Å². The number of rotatable bonds is 2. The lowest BCUT2D eigenvalue weighted by Gasteiger charge is -2.10. The molecule has 0 aliphatic carbocycles. The third kappa shape index (κ3) is 1.90. The van der Waals surface area contributed by atoms with Crippen molar-refractivity contribution in [3.8, 4) is 0 Å². The predicted molar refractivity (Wildman–Crippen MR) is 51.5 cm³/mol. The molecular weight excluding hydrogens is 200 g/mol. The van der Waals surface area contributed by atoms with Crippen molar-refractivity contribution < 1.29 is 9.84 Å². The minimum atomic E-state index is -0.551. The van der Waals surface area contributed by atoms with Crippen LogP contribution in [-0.4, -0.2) is 27.8 Å². The van der Waals surface area contributed by atoms with Crippen LogP contribution in [0.15, 0.2) is 27.9 Å². The molecule has 1 aliphatic rings. The Kier molecular flexibility index (Phi) is 2.53. The van der Waals surface area contributed by atoms with E-state index in [9.17, 15) is 9.59 Å². The highest BCUT2D eigenvalue weighted by molar-refractivity contribution is 5.18. The van der Waals surface area contributed by atoms with Gasteiger partial charge in [0.15, 0.2) is 0 Å². The van der Waals surface area contributed by atoms with Gasteiger partial charge in [0.25, 0.3) is 5.56 Å². The lowest BCUT2D eigenvalue weighted by Crippen LogP contribution is -2.26. The molecule has 0 unspecified atom stereocenters. The summed E-state index contributed by atoms with van der Waals surface area (Å²) in [5.41, 5.74) is -0.710. The van der Waals surface area contributed by atoms with E-state index in [4.69, 9.17) is 9.84 Å². The third-order valence-electron chi connectivity index (χ3n) is 2.16. The fourth-order valence-corrected chi connectivity index (χ4v) is 1.42. The topological polar surface area (TPSA) is 95.2 Å². The van der Waals surface area contributed by atoms with E-state index in [1.165, 1.54) is 6.20 Å². The Bertz CT molecular complexity index is 487. The van der Waals surface area contributed by atoms with Gasteiger partial charge in [-0.05, 0) is 0 Å². The molecule has 1 aromatic rings. The van der Waals surface area contributed by atoms with Crippen LogP contribution in [0.3, 0.4) is 0 Å². The first-order valence-electron chi connectivity index (χ1n) is 4.47. The van der Waals surface area contributed by atoms with Gasteiger partial charge >= 0.3 is 5.69 Å². The van der Waals surface area contributed by atoms with Crippen LogP contribution < -0.4 is 11.2 Å². The molecule has 2 atom stereocenters. The van der Waals surface area contributed by atoms with Crippen LogP contribution >= 0.6 is 0 Å². The van der Waals surface area contributed by atoms with Crippen LogP contribution in [0.2, 0.25) is 0 Å². The van der Waals surface area contributed by atoms with Gasteiger partial charge in [-0.1, -0.05) is 12.2 Å². The van der Waals surface area contributed by atoms with Crippen molar-refractivity contribution in [1.82, 2.24) is 9.97 Å². The summed E-state index contributed by atoms with van der Waals surface area (Å²) >= 11 is 0. The molecule has 0 radical (unpaired) electrons. The third-order valence-corrected chi connectivity index (χ3v) is 2.16. The van der Waals surface area contributed by atoms with Crippen LogP contribution in [0, 0.1) is 0 Å². The highest BCUT2D eigenvalue weighted by Gasteiger charge is 2.22. The van der Waals surface area contributed by atoms with E-state index in [1.54, 1.807) is 12.2 Å². The number of ether oxygens (including phenoxy) is 1. The Hall–Kier alpha value is -1.66. The van der Waals surface area contributed by atoms with Crippen molar-refractivity contribution >= 4 is 0 Å². The van der Waals surface area contributed by atoms with E-state index in [-0.39, 0.29) is 12.7 Å². The van der Waals surface area contributed by atoms with E-state index < -0.39 is 17.4 Å². The quantitative estimate of drug-likeness (QED) is 0.548. The summed E-state index contributed by atoms with van der Waals surface area (Å²) in [4.78, 5) is 26.6. The fraction of sp³-hybridized carbons (Fsp3) is 0.333. The summed E-state index contributed by atoms with van der Waals surface area (Å²) < 4.78 is 5.31. The average molecular weight is 210 g/mol. The van der Waals surface area contributed by atoms with Crippen molar-refractivity contribution in [1.29, 1.82) is 0 Å². The Morgan fingerprint density at radius 2 is 2.20 bits per heavy atom. The maximum atomic E-state index is 11.4. The lowest BCUT2D eigenvalue weighted by molar-refractivity contribution is 0.0244. The lowest BCUT2D eigenvalue weighted by atomic mass is 10.2. The standard InChI is InChI=1S/C9H10N2O4/c12-4-5-1-2-7(15-5)6-3-10-9(14)11-8(6)13/h1-3,5,7,12H,4H2,(H2,10,11,13,14)/t5-,7+/m0/s1. The smallest absolute Gasteiger partial charge is 0.325 e. The summed E-state index contributed by atoms with van der Waals surface area (Å²) in [5, 5.41) is 8.82. The first kappa shape index (κ1) is 9.88. The van der Waals surface area contributed by atoms with Gasteiger partial charge in [0.2, 0.25) is 0 Å². The van der Waals surface area contributed by atoms with Crippen molar-refractivity contribution in [2.75, 3.05) is 6.61 Å². The zero-order chi connectivity index (χ0) is 10.8. The molecule has 0 spiro atoms. The van der Waals surface area contributed by atoms with Crippen molar-refractivity contribution in [3.63, 3.8) is 0 Å². The molecule has 0 fully saturated rings. The minimum absolute atomic E-state index is 0.131. The van der Waals surface area contributed by atoms with E-state index in [0.29, 0.717) is 5.56 Å². The molecule has 0 saturated carbocycles. The van der Waals surface area contributed by atoms with Crippen LogP contribution in [-0.2, 0) is 4.74 Å². The first-order chi connectivity index (χ1) is 7.20. The first-order valence-corrected chi connectivity index (χ1v) is 4.47. The van der Waals surface area contributed by atoms with Gasteiger partial charge in [0.1, 0.15) is 6.10 Å². The minimum Gasteiger partial charge on any atom is -0.393 e. The van der Waals surface area contributed by atoms with Crippen LogP contribution in [0.25, 0.3) is 0 Å². The molecular formula is C9H10N2O4. The molecule has 1 aromatic heterocycles. The van der Waals surface area contributed by atoms with Gasteiger partial charge < -0.3 is 14.8 Å². The van der Waals surface area contributed by atoms with Gasteiger partial charge in [0.05, 0.1) is 18.3 Å². The van der Waals surface area contributed by atoms with Crippen molar-refractivity contribution in [2.24, 2.45) is 0 Å². The van der Waals surface area contributed by atoms with Crippen LogP contribution in [0.5, 0.6) is 0 Å². The Morgan fingerprint density at radius 1 is 1.40 bits per heavy atom. The summed E-state index contributed by atoms with van der Waals surface area (Å²) in [6.45, 7) is -0.131. The van der Waals surface area contributed by atoms with Gasteiger partial charge in [-0.15, -0.1) is 0 Å². The Morgan fingerprint density at radius 3 is 2.80 bits per heavy atom. The number of nitrogens with one attached hydrogen (secondary N) is 2. The highest BCUT2D eigenvalue weighted by atomic mass is 16.5. The number of aromatic nitrogens is 2. The zero-order valence-corrected chi connectivity index (χ0v) is 7.77. The van der Waals surface area contributed by atoms with E-state index in [0.717, 1.165) is 0 Å². The second-order valence-electron chi connectivity index (χ2n) is 3.19. The molecule has 6 heteroatoms.